The number of halogens is 3. The summed E-state index contributed by atoms with van der Waals surface area (Å²) in [6.07, 6.45) is -13.3. The first-order valence-electron chi connectivity index (χ1n) is 46.1. The van der Waals surface area contributed by atoms with Gasteiger partial charge in [0.05, 0.1) is 29.9 Å². The van der Waals surface area contributed by atoms with E-state index in [1.807, 2.05) is 0 Å². The number of phenolic OH excluding ortho intramolecular Hbond substituents is 3. The van der Waals surface area contributed by atoms with Gasteiger partial charge in [-0.1, -0.05) is 144 Å². The van der Waals surface area contributed by atoms with Crippen LogP contribution in [0.15, 0.2) is 115 Å². The molecule has 9 heterocycles. The first kappa shape index (κ1) is 105. The Balaban J connectivity index is 0.979. The van der Waals surface area contributed by atoms with Crippen molar-refractivity contribution in [3.05, 3.63) is 168 Å². The number of phenols is 3. The van der Waals surface area contributed by atoms with Gasteiger partial charge in [0, 0.05) is 46.6 Å². The molecular weight excluding hydrogens is 1990 g/mol. The molecule has 24 N–H and O–H groups in total. The minimum absolute atomic E-state index is 0.0396. The molecule has 23 atom stereocenters. The number of carboxylic acid groups (broad SMARTS) is 1. The van der Waals surface area contributed by atoms with E-state index in [2.05, 4.69) is 49.5 Å². The predicted octanol–water partition coefficient (Wildman–Crippen LogP) is 5.18. The maximum atomic E-state index is 17.1. The van der Waals surface area contributed by atoms with Crippen LogP contribution in [-0.2, 0) is 68.5 Å². The Morgan fingerprint density at radius 3 is 1.59 bits per heavy atom. The van der Waals surface area contributed by atoms with Crippen molar-refractivity contribution in [2.75, 3.05) is 19.8 Å². The molecule has 8 amide bonds. The third-order valence-corrected chi connectivity index (χ3v) is 27.0. The Kier molecular flexibility index (Phi) is 35.0. The van der Waals surface area contributed by atoms with Crippen LogP contribution in [0.2, 0.25) is 10.0 Å². The van der Waals surface area contributed by atoms with E-state index in [1.54, 1.807) is 22.6 Å². The number of nitrogens with two attached hydrogens (primary N) is 1. The number of aliphatic hydroxyl groups excluding tert-OH is 10. The standard InChI is InChI=1S/C96H112Cl2IN9O32/c1-3-4-5-6-7-8-9-10-11-12-13-14-15-16-17-18-68(116)103-76-82(121)79(118)66(40-110)137-95(76)140-86-63-34-48-35-64(86)134-60-26-22-46(32-55(60)98)85(139-94-75(101-42(2)112)81(120)78(117)65(39-109)136-94)77-92(129)107-74(93(130)131)53-37-50(114)38-62(135-96-84(123)83(122)80(119)67(41-111)138-96)69(53)52-31-45(20-23-56(52)99)71(89(126)108-77)105-91(128)73(48)106-90(127)72-47-29-49(113)36-51(30-47)132-61-33-44(21-24-58(61)115)70(100)88(125)102-57(87(124)104-72)28-43-19-25-59(133-63)54(97)27-43/h19-27,29-38,57,65-67,70-85,94-96,109-111,113-115,117-123H,3-18,28,39-41,100H2,1-2H3,(H,101,112)(H,102,125)(H,103,116)(H,104,124)(H,105,128)(H,106,127)(H,107,129)(H,108,126)(H,130,131)/t57-,65?,66?,67?,70-,71-,72+,73-,74+,75+,76?,77+,78-,79-,80-,81?,82-,83-,84?,85-,94+,95+,96+/m1/s1. The second-order valence-electron chi connectivity index (χ2n) is 35.5. The second-order valence-corrected chi connectivity index (χ2v) is 37.5. The lowest BCUT2D eigenvalue weighted by Gasteiger charge is -2.44. The molecule has 17 bridgehead atoms. The van der Waals surface area contributed by atoms with Gasteiger partial charge in [0.25, 0.3) is 0 Å². The van der Waals surface area contributed by atoms with Crippen molar-refractivity contribution in [2.45, 2.75) is 263 Å². The summed E-state index contributed by atoms with van der Waals surface area (Å²) >= 11 is 16.6. The van der Waals surface area contributed by atoms with Crippen LogP contribution in [0.3, 0.4) is 0 Å². The maximum Gasteiger partial charge on any atom is 0.330 e. The first-order valence-corrected chi connectivity index (χ1v) is 47.9. The fourth-order valence-corrected chi connectivity index (χ4v) is 19.0. The molecule has 6 unspecified atom stereocenters. The second kappa shape index (κ2) is 46.7. The zero-order chi connectivity index (χ0) is 100. The van der Waals surface area contributed by atoms with Crippen molar-refractivity contribution in [2.24, 2.45) is 5.73 Å². The lowest BCUT2D eigenvalue weighted by Crippen LogP contribution is -2.65. The highest BCUT2D eigenvalue weighted by Gasteiger charge is 2.52. The lowest BCUT2D eigenvalue weighted by molar-refractivity contribution is -0.284. The number of carbonyl (C=O) groups excluding carboxylic acids is 8. The number of aliphatic carboxylic acids is 1. The molecule has 0 spiro atoms. The summed E-state index contributed by atoms with van der Waals surface area (Å²) in [6.45, 7) is 0.111. The molecule has 7 aromatic carbocycles. The summed E-state index contributed by atoms with van der Waals surface area (Å²) in [6, 6.07) is 2.60. The summed E-state index contributed by atoms with van der Waals surface area (Å²) in [4.78, 5) is 139. The summed E-state index contributed by atoms with van der Waals surface area (Å²) in [5.41, 5.74) is 3.95. The van der Waals surface area contributed by atoms with Crippen molar-refractivity contribution in [1.29, 1.82) is 0 Å². The van der Waals surface area contributed by atoms with E-state index in [4.69, 9.17) is 71.6 Å². The van der Waals surface area contributed by atoms with Crippen molar-refractivity contribution < 1.29 is 157 Å². The van der Waals surface area contributed by atoms with Crippen LogP contribution in [0.4, 0.5) is 0 Å². The Labute approximate surface area is 825 Å². The average Bonchev–Trinajstić information content (AvgIpc) is 0.758. The van der Waals surface area contributed by atoms with Gasteiger partial charge in [-0.05, 0) is 147 Å². The van der Waals surface area contributed by atoms with E-state index in [-0.39, 0.29) is 65.6 Å². The number of hydrogen-bond acceptors (Lipinski definition) is 32. The topological polar surface area (TPSA) is 642 Å². The average molecular weight is 2100 g/mol. The number of rotatable bonds is 28. The predicted molar refractivity (Wildman–Crippen MR) is 501 cm³/mol. The zero-order valence-corrected chi connectivity index (χ0v) is 79.4. The molecule has 41 nitrogen and oxygen atoms in total. The van der Waals surface area contributed by atoms with Crippen LogP contribution >= 0.6 is 45.8 Å². The van der Waals surface area contributed by atoms with Crippen LogP contribution in [0.5, 0.6) is 63.2 Å². The molecule has 9 aliphatic heterocycles. The zero-order valence-electron chi connectivity index (χ0n) is 75.7. The van der Waals surface area contributed by atoms with Crippen LogP contribution in [0, 0.1) is 3.57 Å². The van der Waals surface area contributed by atoms with Crippen molar-refractivity contribution in [3.8, 4) is 74.4 Å². The van der Waals surface area contributed by atoms with E-state index in [9.17, 15) is 90.7 Å². The molecule has 7 aromatic rings. The Morgan fingerprint density at radius 2 is 1.00 bits per heavy atom. The van der Waals surface area contributed by atoms with Crippen LogP contribution < -0.4 is 72.0 Å². The molecule has 754 valence electrons. The van der Waals surface area contributed by atoms with Gasteiger partial charge in [0.1, 0.15) is 150 Å². The van der Waals surface area contributed by atoms with E-state index < -0.39 is 288 Å². The molecule has 0 aromatic heterocycles. The highest BCUT2D eigenvalue weighted by atomic mass is 127. The summed E-state index contributed by atoms with van der Waals surface area (Å²) < 4.78 is 58.1. The molecule has 0 saturated carbocycles. The molecule has 16 rings (SSSR count). The Morgan fingerprint density at radius 1 is 0.479 bits per heavy atom. The number of ether oxygens (including phenoxy) is 9. The third kappa shape index (κ3) is 24.3. The fraction of sp³-hybridized carbons (Fsp3) is 0.469. The first-order chi connectivity index (χ1) is 67.0. The number of unbranched alkanes of at least 4 members (excludes halogenated alkanes) is 14. The van der Waals surface area contributed by atoms with E-state index >= 15 is 24.0 Å². The number of carbonyl (C=O) groups is 9. The highest BCUT2D eigenvalue weighted by molar-refractivity contribution is 14.1. The molecule has 44 heteroatoms. The number of benzene rings is 7. The number of aliphatic hydroxyl groups is 10. The smallest absolute Gasteiger partial charge is 0.330 e. The molecule has 3 fully saturated rings. The van der Waals surface area contributed by atoms with Crippen molar-refractivity contribution in [1.82, 2.24) is 42.5 Å². The minimum Gasteiger partial charge on any atom is -0.508 e. The third-order valence-electron chi connectivity index (χ3n) is 25.4. The normalized spacial score (nSPS) is 27.9. The van der Waals surface area contributed by atoms with E-state index in [1.165, 1.54) is 93.5 Å². The van der Waals surface area contributed by atoms with Crippen molar-refractivity contribution >= 4 is 99.0 Å². The Bertz CT molecular complexity index is 5710. The van der Waals surface area contributed by atoms with Crippen LogP contribution in [0.25, 0.3) is 11.1 Å². The van der Waals surface area contributed by atoms with E-state index in [0.717, 1.165) is 112 Å². The number of nitrogens with one attached hydrogen (secondary N) is 8. The molecule has 140 heavy (non-hydrogen) atoms. The number of amides is 8. The number of aromatic hydroxyl groups is 3. The summed E-state index contributed by atoms with van der Waals surface area (Å²) in [5.74, 6) is -17.8. The molecule has 0 aliphatic carbocycles. The van der Waals surface area contributed by atoms with Gasteiger partial charge >= 0.3 is 5.97 Å². The number of carboxylic acids is 1. The molecule has 9 aliphatic rings. The number of hydrogen-bond donors (Lipinski definition) is 23. The van der Waals surface area contributed by atoms with Gasteiger partial charge in [-0.3, -0.25) is 38.4 Å². The van der Waals surface area contributed by atoms with Gasteiger partial charge in [-0.25, -0.2) is 4.79 Å². The highest BCUT2D eigenvalue weighted by Crippen LogP contribution is 2.51. The maximum absolute atomic E-state index is 17.1. The van der Waals surface area contributed by atoms with E-state index in [0.29, 0.717) is 12.8 Å². The lowest BCUT2D eigenvalue weighted by atomic mass is 9.90. The van der Waals surface area contributed by atoms with Crippen molar-refractivity contribution in [3.63, 3.8) is 0 Å². The molecule has 3 saturated heterocycles. The van der Waals surface area contributed by atoms with Gasteiger partial charge in [0.15, 0.2) is 35.3 Å². The van der Waals surface area contributed by atoms with Crippen LogP contribution in [-0.4, -0.2) is 249 Å². The quantitative estimate of drug-likeness (QED) is 0.0222. The van der Waals surface area contributed by atoms with Gasteiger partial charge < -0.3 is 162 Å². The van der Waals surface area contributed by atoms with Gasteiger partial charge in [-0.15, -0.1) is 0 Å². The van der Waals surface area contributed by atoms with Crippen LogP contribution in [0.1, 0.15) is 192 Å². The SMILES string of the molecule is CCCCCCCCCCCCCCCCCC(=O)NC1[C@H](Oc2c3cc4cc2Oc2ccc(cc2Cl)[C@@H](O[C@@H]2OC(CO)[C@@H](O)C(O)[C@@H]2NC(C)=O)[C@@H]2NC(=O)[C@H](NC(=O)[C@@H]4NC(=O)[C@H]4NC(=O)[C@@H](Cc5ccc(c(Cl)c5)O3)NC(=O)[C@H](N)c3ccc(O)c(c3)Oc3cc(O)cc4c3)c3ccc(I)c(c3)-c3c(O[C@H]4OC(CO)[C@@H](O)[C@@H](O)C4O)cc(O)cc3[C@@H](C(=O)O)NC2=O)OC(CO)[C@@H](O)[C@@H]1O. The Hall–Kier alpha value is -11.1. The minimum atomic E-state index is -2.54. The molecule has 0 radical (unpaired) electrons. The van der Waals surface area contributed by atoms with Gasteiger partial charge in [-0.2, -0.15) is 0 Å². The number of fused-ring (bicyclic) bond motifs is 14. The fourth-order valence-electron chi connectivity index (χ4n) is 17.9. The van der Waals surface area contributed by atoms with Gasteiger partial charge in [0.2, 0.25) is 65.6 Å². The molecular formula is C96H112Cl2IN9O32. The summed E-state index contributed by atoms with van der Waals surface area (Å²) in [5, 5.41) is 179. The summed E-state index contributed by atoms with van der Waals surface area (Å²) in [7, 11) is 0. The monoisotopic (exact) mass is 2100 g/mol. The largest absolute Gasteiger partial charge is 0.508 e.